The number of fused-ring (bicyclic) bond motifs is 1. The van der Waals surface area contributed by atoms with Gasteiger partial charge in [0.25, 0.3) is 0 Å². The van der Waals surface area contributed by atoms with Gasteiger partial charge in [0.15, 0.2) is 23.3 Å². The van der Waals surface area contributed by atoms with Crippen molar-refractivity contribution in [3.63, 3.8) is 0 Å². The quantitative estimate of drug-likeness (QED) is 0.349. The highest BCUT2D eigenvalue weighted by molar-refractivity contribution is 5.67. The van der Waals surface area contributed by atoms with Crippen LogP contribution in [0, 0.1) is 34.9 Å². The molecule has 6 heteroatoms. The Morgan fingerprint density at radius 3 is 2.31 bits per heavy atom. The molecular weight excluding hydrogens is 426 g/mol. The predicted octanol–water partition coefficient (Wildman–Crippen LogP) is 7.80. The van der Waals surface area contributed by atoms with Crippen LogP contribution in [0.25, 0.3) is 11.1 Å². The van der Waals surface area contributed by atoms with E-state index in [1.54, 1.807) is 12.1 Å². The van der Waals surface area contributed by atoms with E-state index in [9.17, 15) is 22.0 Å². The van der Waals surface area contributed by atoms with Gasteiger partial charge in [-0.1, -0.05) is 31.5 Å². The maximum atomic E-state index is 15.2. The van der Waals surface area contributed by atoms with Gasteiger partial charge in [0, 0.05) is 0 Å². The Bertz CT molecular complexity index is 1170. The standard InChI is InChI=1S/C26H22F6/c1-2-3-4-14-5-8-18(26(32)24(14)30)15-6-9-19-17(11-15)13-22(29)23(25(19)31)16-7-10-20(27)21(28)12-16/h5,7-8,10,12-13,15H,2-4,6,9,11H2,1H3. The zero-order valence-corrected chi connectivity index (χ0v) is 17.6. The second-order valence-electron chi connectivity index (χ2n) is 8.30. The van der Waals surface area contributed by atoms with Crippen LogP contribution < -0.4 is 0 Å². The summed E-state index contributed by atoms with van der Waals surface area (Å²) in [5.41, 5.74) is 0.662. The highest BCUT2D eigenvalue weighted by Crippen LogP contribution is 2.39. The van der Waals surface area contributed by atoms with Crippen molar-refractivity contribution in [3.05, 3.63) is 93.6 Å². The maximum absolute atomic E-state index is 15.2. The molecule has 0 saturated carbocycles. The van der Waals surface area contributed by atoms with Crippen LogP contribution in [0.5, 0.6) is 0 Å². The summed E-state index contributed by atoms with van der Waals surface area (Å²) in [5, 5.41) is 0. The lowest BCUT2D eigenvalue weighted by Crippen LogP contribution is -2.17. The van der Waals surface area contributed by atoms with E-state index in [2.05, 4.69) is 0 Å². The number of benzene rings is 3. The monoisotopic (exact) mass is 448 g/mol. The van der Waals surface area contributed by atoms with E-state index in [0.29, 0.717) is 24.0 Å². The van der Waals surface area contributed by atoms with Gasteiger partial charge in [0.2, 0.25) is 0 Å². The number of rotatable bonds is 5. The Balaban J connectivity index is 1.67. The van der Waals surface area contributed by atoms with Gasteiger partial charge in [-0.05, 0) is 84.0 Å². The SMILES string of the molecule is CCCCc1ccc(C2CCc3c(cc(F)c(-c4ccc(F)c(F)c4)c3F)C2)c(F)c1F. The smallest absolute Gasteiger partial charge is 0.162 e. The van der Waals surface area contributed by atoms with Crippen molar-refractivity contribution in [2.45, 2.75) is 51.4 Å². The van der Waals surface area contributed by atoms with Crippen molar-refractivity contribution in [1.29, 1.82) is 0 Å². The highest BCUT2D eigenvalue weighted by Gasteiger charge is 2.29. The zero-order chi connectivity index (χ0) is 23.0. The normalized spacial score (nSPS) is 15.7. The molecule has 0 radical (unpaired) electrons. The summed E-state index contributed by atoms with van der Waals surface area (Å²) in [6, 6.07) is 7.02. The summed E-state index contributed by atoms with van der Waals surface area (Å²) >= 11 is 0. The lowest BCUT2D eigenvalue weighted by Gasteiger charge is -2.27. The molecule has 0 bridgehead atoms. The first-order valence-electron chi connectivity index (χ1n) is 10.7. The fourth-order valence-electron chi connectivity index (χ4n) is 4.51. The van der Waals surface area contributed by atoms with Crippen molar-refractivity contribution >= 4 is 0 Å². The summed E-state index contributed by atoms with van der Waals surface area (Å²) in [6.07, 6.45) is 2.79. The second-order valence-corrected chi connectivity index (χ2v) is 8.30. The molecule has 0 fully saturated rings. The van der Waals surface area contributed by atoms with E-state index in [4.69, 9.17) is 0 Å². The molecule has 0 aliphatic heterocycles. The van der Waals surface area contributed by atoms with E-state index in [1.165, 1.54) is 0 Å². The third-order valence-corrected chi connectivity index (χ3v) is 6.26. The Kier molecular flexibility index (Phi) is 6.31. The largest absolute Gasteiger partial charge is 0.206 e. The van der Waals surface area contributed by atoms with Crippen molar-refractivity contribution < 1.29 is 26.3 Å². The summed E-state index contributed by atoms with van der Waals surface area (Å²) in [5.74, 6) is -6.20. The Hall–Kier alpha value is -2.76. The van der Waals surface area contributed by atoms with Crippen molar-refractivity contribution in [2.75, 3.05) is 0 Å². The predicted molar refractivity (Wildman–Crippen MR) is 111 cm³/mol. The zero-order valence-electron chi connectivity index (χ0n) is 17.6. The molecule has 1 aliphatic rings. The van der Waals surface area contributed by atoms with E-state index >= 15 is 4.39 Å². The van der Waals surface area contributed by atoms with Gasteiger partial charge in [0.05, 0.1) is 5.56 Å². The summed E-state index contributed by atoms with van der Waals surface area (Å²) in [6.45, 7) is 1.97. The average Bonchev–Trinajstić information content (AvgIpc) is 2.77. The second kappa shape index (κ2) is 9.00. The first-order valence-corrected chi connectivity index (χ1v) is 10.7. The van der Waals surface area contributed by atoms with Crippen LogP contribution >= 0.6 is 0 Å². The molecule has 0 spiro atoms. The first-order chi connectivity index (χ1) is 15.3. The van der Waals surface area contributed by atoms with Crippen LogP contribution in [0.3, 0.4) is 0 Å². The minimum absolute atomic E-state index is 0.0976. The fraction of sp³-hybridized carbons (Fsp3) is 0.308. The van der Waals surface area contributed by atoms with Gasteiger partial charge in [-0.15, -0.1) is 0 Å². The molecule has 3 aromatic rings. The molecule has 1 atom stereocenters. The van der Waals surface area contributed by atoms with Crippen LogP contribution in [0.4, 0.5) is 26.3 Å². The number of halogens is 6. The van der Waals surface area contributed by atoms with Gasteiger partial charge in [-0.3, -0.25) is 0 Å². The van der Waals surface area contributed by atoms with Crippen LogP contribution in [0.1, 0.15) is 54.4 Å². The number of aryl methyl sites for hydroxylation is 1. The van der Waals surface area contributed by atoms with Crippen molar-refractivity contribution in [1.82, 2.24) is 0 Å². The number of hydrogen-bond donors (Lipinski definition) is 0. The molecule has 0 saturated heterocycles. The van der Waals surface area contributed by atoms with Gasteiger partial charge < -0.3 is 0 Å². The Morgan fingerprint density at radius 2 is 1.59 bits per heavy atom. The summed E-state index contributed by atoms with van der Waals surface area (Å²) in [4.78, 5) is 0. The molecule has 1 unspecified atom stereocenters. The molecular formula is C26H22F6. The Labute approximate surface area is 182 Å². The van der Waals surface area contributed by atoms with Crippen LogP contribution in [0.15, 0.2) is 36.4 Å². The highest BCUT2D eigenvalue weighted by atomic mass is 19.2. The third-order valence-electron chi connectivity index (χ3n) is 6.26. The van der Waals surface area contributed by atoms with E-state index in [1.807, 2.05) is 6.92 Å². The molecule has 3 aromatic carbocycles. The third kappa shape index (κ3) is 4.03. The van der Waals surface area contributed by atoms with Crippen LogP contribution in [0.2, 0.25) is 0 Å². The maximum Gasteiger partial charge on any atom is 0.162 e. The van der Waals surface area contributed by atoms with Crippen molar-refractivity contribution in [3.8, 4) is 11.1 Å². The van der Waals surface area contributed by atoms with E-state index < -0.39 is 46.4 Å². The van der Waals surface area contributed by atoms with Gasteiger partial charge in [-0.25, -0.2) is 26.3 Å². The number of unbranched alkanes of at least 4 members (excludes halogenated alkanes) is 1. The lowest BCUT2D eigenvalue weighted by atomic mass is 9.78. The van der Waals surface area contributed by atoms with Gasteiger partial charge >= 0.3 is 0 Å². The molecule has 4 rings (SSSR count). The summed E-state index contributed by atoms with van der Waals surface area (Å²) in [7, 11) is 0. The molecule has 1 aliphatic carbocycles. The molecule has 0 aromatic heterocycles. The van der Waals surface area contributed by atoms with E-state index in [-0.39, 0.29) is 29.5 Å². The fourth-order valence-corrected chi connectivity index (χ4v) is 4.51. The van der Waals surface area contributed by atoms with E-state index in [0.717, 1.165) is 37.1 Å². The first kappa shape index (κ1) is 22.4. The molecule has 0 amide bonds. The minimum Gasteiger partial charge on any atom is -0.206 e. The van der Waals surface area contributed by atoms with Crippen LogP contribution in [-0.2, 0) is 19.3 Å². The van der Waals surface area contributed by atoms with Crippen molar-refractivity contribution in [2.24, 2.45) is 0 Å². The lowest BCUT2D eigenvalue weighted by molar-refractivity contribution is 0.462. The van der Waals surface area contributed by atoms with Gasteiger partial charge in [-0.2, -0.15) is 0 Å². The molecule has 168 valence electrons. The number of hydrogen-bond acceptors (Lipinski definition) is 0. The Morgan fingerprint density at radius 1 is 0.812 bits per heavy atom. The molecule has 0 N–H and O–H groups in total. The molecule has 32 heavy (non-hydrogen) atoms. The topological polar surface area (TPSA) is 0 Å². The molecule has 0 heterocycles. The minimum atomic E-state index is -1.20. The summed E-state index contributed by atoms with van der Waals surface area (Å²) < 4.78 is 86.1. The van der Waals surface area contributed by atoms with Crippen LogP contribution in [-0.4, -0.2) is 0 Å². The average molecular weight is 448 g/mol. The van der Waals surface area contributed by atoms with Gasteiger partial charge in [0.1, 0.15) is 11.6 Å². The molecule has 0 nitrogen and oxygen atoms in total.